The van der Waals surface area contributed by atoms with Gasteiger partial charge in [-0.2, -0.15) is 8.75 Å². The molecular formula is C4H3ClN2O2S2. The number of halogens is 1. The van der Waals surface area contributed by atoms with E-state index in [9.17, 15) is 9.00 Å². The first-order valence-corrected chi connectivity index (χ1v) is 5.15. The number of aromatic nitrogens is 2. The van der Waals surface area contributed by atoms with E-state index in [0.29, 0.717) is 0 Å². The monoisotopic (exact) mass is 210 g/mol. The van der Waals surface area contributed by atoms with Crippen molar-refractivity contribution in [3.05, 3.63) is 15.4 Å². The van der Waals surface area contributed by atoms with Gasteiger partial charge in [-0.05, 0) is 0 Å². The summed E-state index contributed by atoms with van der Waals surface area (Å²) in [5.41, 5.74) is -0.550. The lowest BCUT2D eigenvalue weighted by atomic mass is 10.7. The zero-order valence-corrected chi connectivity index (χ0v) is 7.79. The second kappa shape index (κ2) is 3.38. The van der Waals surface area contributed by atoms with Gasteiger partial charge in [0.15, 0.2) is 10.2 Å². The van der Waals surface area contributed by atoms with Crippen molar-refractivity contribution in [2.75, 3.05) is 6.26 Å². The topological polar surface area (TPSA) is 59.9 Å². The van der Waals surface area contributed by atoms with Crippen molar-refractivity contribution in [1.29, 1.82) is 0 Å². The van der Waals surface area contributed by atoms with Gasteiger partial charge in [0.2, 0.25) is 0 Å². The molecule has 0 aliphatic carbocycles. The normalized spacial score (nSPS) is 12.9. The number of nitrogens with zero attached hydrogens (tertiary/aromatic N) is 2. The van der Waals surface area contributed by atoms with Crippen molar-refractivity contribution in [3.63, 3.8) is 0 Å². The Labute approximate surface area is 74.0 Å². The van der Waals surface area contributed by atoms with Gasteiger partial charge < -0.3 is 0 Å². The van der Waals surface area contributed by atoms with Gasteiger partial charge in [0.25, 0.3) is 5.43 Å². The molecule has 1 aromatic rings. The third kappa shape index (κ3) is 1.82. The molecule has 0 radical (unpaired) electrons. The van der Waals surface area contributed by atoms with Crippen LogP contribution in [0.3, 0.4) is 0 Å². The van der Waals surface area contributed by atoms with Gasteiger partial charge in [-0.1, -0.05) is 11.6 Å². The van der Waals surface area contributed by atoms with Gasteiger partial charge in [-0.3, -0.25) is 9.00 Å². The summed E-state index contributed by atoms with van der Waals surface area (Å²) in [7, 11) is -1.39. The average molecular weight is 211 g/mol. The highest BCUT2D eigenvalue weighted by Gasteiger charge is 2.09. The Morgan fingerprint density at radius 3 is 2.64 bits per heavy atom. The molecule has 1 aromatic heterocycles. The highest BCUT2D eigenvalue weighted by Crippen LogP contribution is 2.00. The molecule has 11 heavy (non-hydrogen) atoms. The SMILES string of the molecule is CS(=O)c1nsnc(Cl)c1=O. The Balaban J connectivity index is 3.40. The first-order valence-electron chi connectivity index (χ1n) is 2.48. The van der Waals surface area contributed by atoms with Gasteiger partial charge in [-0.15, -0.1) is 0 Å². The van der Waals surface area contributed by atoms with E-state index in [1.165, 1.54) is 6.26 Å². The summed E-state index contributed by atoms with van der Waals surface area (Å²) in [5.74, 6) is 0. The molecule has 0 spiro atoms. The van der Waals surface area contributed by atoms with Crippen molar-refractivity contribution < 1.29 is 4.21 Å². The fraction of sp³-hybridized carbons (Fsp3) is 0.250. The van der Waals surface area contributed by atoms with E-state index in [2.05, 4.69) is 8.75 Å². The molecule has 1 rings (SSSR count). The standard InChI is InChI=1S/C4H3ClN2O2S2/c1-11(9)4-2(8)3(5)6-10-7-4/h1H3. The number of hydrogen-bond donors (Lipinski definition) is 0. The quantitative estimate of drug-likeness (QED) is 0.669. The largest absolute Gasteiger partial charge is 0.283 e. The lowest BCUT2D eigenvalue weighted by Crippen LogP contribution is -2.12. The molecule has 0 bridgehead atoms. The minimum atomic E-state index is -1.39. The second-order valence-corrected chi connectivity index (χ2v) is 3.82. The van der Waals surface area contributed by atoms with Gasteiger partial charge in [0, 0.05) is 6.26 Å². The molecule has 1 unspecified atom stereocenters. The van der Waals surface area contributed by atoms with Crippen LogP contribution >= 0.6 is 23.3 Å². The summed E-state index contributed by atoms with van der Waals surface area (Å²) in [6.45, 7) is 0. The van der Waals surface area contributed by atoms with E-state index in [-0.39, 0.29) is 10.2 Å². The lowest BCUT2D eigenvalue weighted by molar-refractivity contribution is 0.684. The van der Waals surface area contributed by atoms with E-state index in [4.69, 9.17) is 11.6 Å². The number of hydrogen-bond acceptors (Lipinski definition) is 5. The highest BCUT2D eigenvalue weighted by molar-refractivity contribution is 7.84. The van der Waals surface area contributed by atoms with Crippen molar-refractivity contribution in [2.45, 2.75) is 5.03 Å². The van der Waals surface area contributed by atoms with Crippen molar-refractivity contribution in [3.8, 4) is 0 Å². The van der Waals surface area contributed by atoms with Crippen LogP contribution in [-0.2, 0) is 10.8 Å². The van der Waals surface area contributed by atoms with E-state index < -0.39 is 16.2 Å². The van der Waals surface area contributed by atoms with Crippen LogP contribution in [0.15, 0.2) is 9.82 Å². The molecule has 1 atom stereocenters. The average Bonchev–Trinajstić information content (AvgIpc) is 1.94. The zero-order valence-electron chi connectivity index (χ0n) is 5.41. The predicted octanol–water partition coefficient (Wildman–Crippen LogP) is 0.289. The maximum absolute atomic E-state index is 11.0. The van der Waals surface area contributed by atoms with Crippen molar-refractivity contribution >= 4 is 34.1 Å². The summed E-state index contributed by atoms with van der Waals surface area (Å²) in [6.07, 6.45) is 1.37. The van der Waals surface area contributed by atoms with Crippen LogP contribution in [0.25, 0.3) is 0 Å². The van der Waals surface area contributed by atoms with Crippen LogP contribution < -0.4 is 5.43 Å². The van der Waals surface area contributed by atoms with Crippen LogP contribution in [0, 0.1) is 0 Å². The van der Waals surface area contributed by atoms with Crippen molar-refractivity contribution in [1.82, 2.24) is 8.75 Å². The zero-order chi connectivity index (χ0) is 8.43. The molecule has 60 valence electrons. The van der Waals surface area contributed by atoms with Crippen LogP contribution in [0.2, 0.25) is 5.15 Å². The van der Waals surface area contributed by atoms with Gasteiger partial charge >= 0.3 is 0 Å². The van der Waals surface area contributed by atoms with Gasteiger partial charge in [0.05, 0.1) is 22.5 Å². The van der Waals surface area contributed by atoms with Crippen LogP contribution in [0.4, 0.5) is 0 Å². The Morgan fingerprint density at radius 2 is 2.18 bits per heavy atom. The maximum Gasteiger partial charge on any atom is 0.252 e. The van der Waals surface area contributed by atoms with Crippen molar-refractivity contribution in [2.24, 2.45) is 0 Å². The summed E-state index contributed by atoms with van der Waals surface area (Å²) in [6, 6.07) is 0. The minimum absolute atomic E-state index is 0.0324. The van der Waals surface area contributed by atoms with E-state index in [1.807, 2.05) is 0 Å². The molecule has 0 saturated carbocycles. The number of rotatable bonds is 1. The van der Waals surface area contributed by atoms with E-state index in [1.54, 1.807) is 0 Å². The van der Waals surface area contributed by atoms with Crippen LogP contribution in [0.1, 0.15) is 0 Å². The third-order valence-corrected chi connectivity index (χ3v) is 2.72. The second-order valence-electron chi connectivity index (χ2n) is 1.64. The summed E-state index contributed by atoms with van der Waals surface area (Å²) < 4.78 is 17.8. The Morgan fingerprint density at radius 1 is 1.55 bits per heavy atom. The molecule has 0 aliphatic rings. The van der Waals surface area contributed by atoms with E-state index in [0.717, 1.165) is 11.7 Å². The molecular weight excluding hydrogens is 208 g/mol. The van der Waals surface area contributed by atoms with Gasteiger partial charge in [-0.25, -0.2) is 0 Å². The first kappa shape index (κ1) is 8.76. The highest BCUT2D eigenvalue weighted by atomic mass is 35.5. The minimum Gasteiger partial charge on any atom is -0.283 e. The summed E-state index contributed by atoms with van der Waals surface area (Å²) in [4.78, 5) is 11.0. The van der Waals surface area contributed by atoms with Crippen LogP contribution in [0.5, 0.6) is 0 Å². The predicted molar refractivity (Wildman–Crippen MR) is 43.5 cm³/mol. The molecule has 0 saturated heterocycles. The Kier molecular flexibility index (Phi) is 2.69. The Hall–Kier alpha value is -0.330. The summed E-state index contributed by atoms with van der Waals surface area (Å²) >= 11 is 6.14. The smallest absolute Gasteiger partial charge is 0.252 e. The molecule has 0 aromatic carbocycles. The van der Waals surface area contributed by atoms with Crippen LogP contribution in [-0.4, -0.2) is 19.2 Å². The molecule has 0 N–H and O–H groups in total. The molecule has 0 amide bonds. The maximum atomic E-state index is 11.0. The van der Waals surface area contributed by atoms with E-state index >= 15 is 0 Å². The molecule has 4 nitrogen and oxygen atoms in total. The third-order valence-electron chi connectivity index (χ3n) is 0.899. The fourth-order valence-corrected chi connectivity index (χ4v) is 1.92. The summed E-state index contributed by atoms with van der Waals surface area (Å²) in [5, 5.41) is -0.204. The Bertz CT molecular complexity index is 350. The molecule has 1 heterocycles. The molecule has 0 aliphatic heterocycles. The van der Waals surface area contributed by atoms with Gasteiger partial charge in [0.1, 0.15) is 0 Å². The lowest BCUT2D eigenvalue weighted by Gasteiger charge is -1.90. The first-order chi connectivity index (χ1) is 5.13. The molecule has 0 fully saturated rings. The fourth-order valence-electron chi connectivity index (χ4n) is 0.448. The molecule has 7 heteroatoms.